The van der Waals surface area contributed by atoms with Crippen LogP contribution in [0.15, 0.2) is 0 Å². The van der Waals surface area contributed by atoms with Gasteiger partial charge in [-0.15, -0.1) is 11.6 Å². The zero-order valence-corrected chi connectivity index (χ0v) is 12.0. The van der Waals surface area contributed by atoms with E-state index in [4.69, 9.17) is 16.3 Å². The predicted octanol–water partition coefficient (Wildman–Crippen LogP) is 0.569. The minimum atomic E-state index is -0.541. The van der Waals surface area contributed by atoms with E-state index in [-0.39, 0.29) is 18.4 Å². The molecule has 0 bridgehead atoms. The summed E-state index contributed by atoms with van der Waals surface area (Å²) in [5, 5.41) is 0. The van der Waals surface area contributed by atoms with Crippen LogP contribution in [0.25, 0.3) is 0 Å². The Morgan fingerprint density at radius 1 is 1.17 bits per heavy atom. The van der Waals surface area contributed by atoms with Crippen LogP contribution >= 0.6 is 11.6 Å². The van der Waals surface area contributed by atoms with Crippen LogP contribution in [-0.4, -0.2) is 67.4 Å². The van der Waals surface area contributed by atoms with Crippen LogP contribution < -0.4 is 0 Å². The molecule has 1 aliphatic heterocycles. The van der Waals surface area contributed by atoms with Gasteiger partial charge >= 0.3 is 0 Å². The van der Waals surface area contributed by atoms with Gasteiger partial charge in [-0.2, -0.15) is 0 Å². The topological polar surface area (TPSA) is 49.9 Å². The van der Waals surface area contributed by atoms with Crippen LogP contribution in [0, 0.1) is 5.41 Å². The first-order valence-corrected chi connectivity index (χ1v) is 6.58. The third kappa shape index (κ3) is 3.59. The van der Waals surface area contributed by atoms with E-state index < -0.39 is 5.41 Å². The largest absolute Gasteiger partial charge is 0.375 e. The maximum absolute atomic E-state index is 12.2. The number of carbonyl (C=O) groups is 2. The Balaban J connectivity index is 2.49. The Bertz CT molecular complexity index is 312. The SMILES string of the molecule is COCC(=O)N1CCN(C(=O)C(C)(C)CCl)CC1. The van der Waals surface area contributed by atoms with Gasteiger partial charge in [0.2, 0.25) is 11.8 Å². The standard InChI is InChI=1S/C12H21ClN2O3/c1-12(2,9-13)11(17)15-6-4-14(5-7-15)10(16)8-18-3/h4-9H2,1-3H3. The monoisotopic (exact) mass is 276 g/mol. The molecule has 2 amide bonds. The van der Waals surface area contributed by atoms with E-state index in [9.17, 15) is 9.59 Å². The molecule has 1 heterocycles. The van der Waals surface area contributed by atoms with Gasteiger partial charge in [0.05, 0.1) is 5.41 Å². The molecular formula is C12H21ClN2O3. The molecule has 1 fully saturated rings. The third-order valence-electron chi connectivity index (χ3n) is 3.10. The number of carbonyl (C=O) groups excluding carboxylic acids is 2. The van der Waals surface area contributed by atoms with E-state index in [0.29, 0.717) is 32.1 Å². The summed E-state index contributed by atoms with van der Waals surface area (Å²) in [4.78, 5) is 27.3. The molecule has 1 aliphatic rings. The first-order valence-electron chi connectivity index (χ1n) is 6.04. The molecule has 0 unspecified atom stereocenters. The number of halogens is 1. The first-order chi connectivity index (χ1) is 8.42. The summed E-state index contributed by atoms with van der Waals surface area (Å²) in [7, 11) is 1.50. The van der Waals surface area contributed by atoms with Gasteiger partial charge in [0.1, 0.15) is 6.61 Å². The smallest absolute Gasteiger partial charge is 0.248 e. The molecule has 1 rings (SSSR count). The van der Waals surface area contributed by atoms with Crippen molar-refractivity contribution in [1.82, 2.24) is 9.80 Å². The van der Waals surface area contributed by atoms with Gasteiger partial charge in [-0.05, 0) is 13.8 Å². The van der Waals surface area contributed by atoms with Crippen LogP contribution in [0.1, 0.15) is 13.8 Å². The van der Waals surface area contributed by atoms with Crippen LogP contribution in [0.5, 0.6) is 0 Å². The van der Waals surface area contributed by atoms with Crippen LogP contribution in [0.4, 0.5) is 0 Å². The Morgan fingerprint density at radius 2 is 1.67 bits per heavy atom. The summed E-state index contributed by atoms with van der Waals surface area (Å²) in [6, 6.07) is 0. The van der Waals surface area contributed by atoms with Gasteiger partial charge < -0.3 is 14.5 Å². The normalized spacial score (nSPS) is 16.9. The number of rotatable bonds is 4. The van der Waals surface area contributed by atoms with Crippen LogP contribution in [0.3, 0.4) is 0 Å². The number of methoxy groups -OCH3 is 1. The van der Waals surface area contributed by atoms with Gasteiger partial charge in [-0.1, -0.05) is 0 Å². The summed E-state index contributed by atoms with van der Waals surface area (Å²) >= 11 is 5.80. The van der Waals surface area contributed by atoms with E-state index in [1.54, 1.807) is 9.80 Å². The molecule has 0 aromatic rings. The lowest BCUT2D eigenvalue weighted by atomic mass is 9.94. The molecule has 0 N–H and O–H groups in total. The van der Waals surface area contributed by atoms with Crippen molar-refractivity contribution in [2.24, 2.45) is 5.41 Å². The van der Waals surface area contributed by atoms with Gasteiger partial charge in [-0.25, -0.2) is 0 Å². The average molecular weight is 277 g/mol. The summed E-state index contributed by atoms with van der Waals surface area (Å²) in [5.41, 5.74) is -0.541. The number of nitrogens with zero attached hydrogens (tertiary/aromatic N) is 2. The van der Waals surface area contributed by atoms with Gasteiger partial charge in [0.25, 0.3) is 0 Å². The molecule has 0 aromatic carbocycles. The van der Waals surface area contributed by atoms with E-state index in [1.807, 2.05) is 13.8 Å². The van der Waals surface area contributed by atoms with Crippen molar-refractivity contribution < 1.29 is 14.3 Å². The van der Waals surface area contributed by atoms with E-state index in [1.165, 1.54) is 7.11 Å². The highest BCUT2D eigenvalue weighted by atomic mass is 35.5. The number of amides is 2. The summed E-state index contributed by atoms with van der Waals surface area (Å²) in [5.74, 6) is 0.326. The molecule has 0 aliphatic carbocycles. The number of hydrogen-bond acceptors (Lipinski definition) is 3. The third-order valence-corrected chi connectivity index (χ3v) is 3.77. The van der Waals surface area contributed by atoms with Crippen molar-refractivity contribution >= 4 is 23.4 Å². The fourth-order valence-corrected chi connectivity index (χ4v) is 1.97. The predicted molar refractivity (Wildman–Crippen MR) is 69.5 cm³/mol. The van der Waals surface area contributed by atoms with Crippen molar-refractivity contribution in [1.29, 1.82) is 0 Å². The fraction of sp³-hybridized carbons (Fsp3) is 0.833. The lowest BCUT2D eigenvalue weighted by Crippen LogP contribution is -2.54. The Labute approximate surface area is 113 Å². The van der Waals surface area contributed by atoms with E-state index in [0.717, 1.165) is 0 Å². The molecular weight excluding hydrogens is 256 g/mol. The maximum atomic E-state index is 12.2. The van der Waals surface area contributed by atoms with Gasteiger partial charge in [0.15, 0.2) is 0 Å². The molecule has 0 radical (unpaired) electrons. The minimum Gasteiger partial charge on any atom is -0.375 e. The summed E-state index contributed by atoms with van der Waals surface area (Å²) in [6.45, 7) is 6.03. The average Bonchev–Trinajstić information content (AvgIpc) is 2.38. The number of ether oxygens (including phenoxy) is 1. The Hall–Kier alpha value is -0.810. The van der Waals surface area contributed by atoms with Crippen molar-refractivity contribution in [2.75, 3.05) is 45.8 Å². The Morgan fingerprint density at radius 3 is 2.11 bits per heavy atom. The lowest BCUT2D eigenvalue weighted by molar-refractivity contribution is -0.146. The van der Waals surface area contributed by atoms with Crippen LogP contribution in [-0.2, 0) is 14.3 Å². The molecule has 104 valence electrons. The second-order valence-corrected chi connectivity index (χ2v) is 5.39. The minimum absolute atomic E-state index is 0.0267. The molecule has 6 heteroatoms. The van der Waals surface area contributed by atoms with Crippen molar-refractivity contribution in [3.8, 4) is 0 Å². The molecule has 18 heavy (non-hydrogen) atoms. The quantitative estimate of drug-likeness (QED) is 0.706. The second kappa shape index (κ2) is 6.38. The Kier molecular flexibility index (Phi) is 5.41. The first kappa shape index (κ1) is 15.2. The highest BCUT2D eigenvalue weighted by Gasteiger charge is 2.33. The van der Waals surface area contributed by atoms with Crippen LogP contribution in [0.2, 0.25) is 0 Å². The highest BCUT2D eigenvalue weighted by Crippen LogP contribution is 2.21. The van der Waals surface area contributed by atoms with Gasteiger partial charge in [0, 0.05) is 39.2 Å². The number of alkyl halides is 1. The van der Waals surface area contributed by atoms with E-state index >= 15 is 0 Å². The maximum Gasteiger partial charge on any atom is 0.248 e. The molecule has 5 nitrogen and oxygen atoms in total. The fourth-order valence-electron chi connectivity index (χ4n) is 1.86. The highest BCUT2D eigenvalue weighted by molar-refractivity contribution is 6.19. The van der Waals surface area contributed by atoms with E-state index in [2.05, 4.69) is 0 Å². The number of piperazine rings is 1. The molecule has 0 aromatic heterocycles. The van der Waals surface area contributed by atoms with Gasteiger partial charge in [-0.3, -0.25) is 9.59 Å². The molecule has 0 spiro atoms. The van der Waals surface area contributed by atoms with Crippen molar-refractivity contribution in [2.45, 2.75) is 13.8 Å². The lowest BCUT2D eigenvalue weighted by Gasteiger charge is -2.38. The van der Waals surface area contributed by atoms with Crippen molar-refractivity contribution in [3.63, 3.8) is 0 Å². The zero-order valence-electron chi connectivity index (χ0n) is 11.2. The zero-order chi connectivity index (χ0) is 13.8. The second-order valence-electron chi connectivity index (χ2n) is 5.12. The summed E-state index contributed by atoms with van der Waals surface area (Å²) in [6.07, 6.45) is 0. The summed E-state index contributed by atoms with van der Waals surface area (Å²) < 4.78 is 4.81. The van der Waals surface area contributed by atoms with Crippen molar-refractivity contribution in [3.05, 3.63) is 0 Å². The molecule has 0 atom stereocenters. The molecule has 1 saturated heterocycles. The molecule has 0 saturated carbocycles. The number of hydrogen-bond donors (Lipinski definition) is 0.